The number of aliphatic carboxylic acids is 1. The molecule has 2 amide bonds. The maximum atomic E-state index is 12.0. The third kappa shape index (κ3) is 4.11. The minimum atomic E-state index is -0.780. The predicted octanol–water partition coefficient (Wildman–Crippen LogP) is 2.32. The van der Waals surface area contributed by atoms with Crippen LogP contribution in [0, 0.1) is 11.3 Å². The number of carbonyl (C=O) groups excluding carboxylic acids is 1. The van der Waals surface area contributed by atoms with E-state index in [0.717, 1.165) is 19.3 Å². The lowest BCUT2D eigenvalue weighted by atomic mass is 9.66. The van der Waals surface area contributed by atoms with Crippen LogP contribution < -0.4 is 5.32 Å². The Kier molecular flexibility index (Phi) is 5.20. The highest BCUT2D eigenvalue weighted by molar-refractivity contribution is 5.74. The normalized spacial score (nSPS) is 18.6. The molecule has 0 aromatic carbocycles. The highest BCUT2D eigenvalue weighted by Crippen LogP contribution is 2.43. The lowest BCUT2D eigenvalue weighted by molar-refractivity contribution is -0.141. The Morgan fingerprint density at radius 3 is 2.26 bits per heavy atom. The standard InChI is InChI=1S/C14H26N2O3/c1-10(2)11(3)16(4)13(19)15-9-14(6-5-7-14)8-12(17)18/h10-11H,5-9H2,1-4H3,(H,15,19)(H,17,18). The fraction of sp³-hybridized carbons (Fsp3) is 0.857. The van der Waals surface area contributed by atoms with Crippen LogP contribution in [0.2, 0.25) is 0 Å². The average molecular weight is 270 g/mol. The van der Waals surface area contributed by atoms with Crippen molar-refractivity contribution in [1.29, 1.82) is 0 Å². The first kappa shape index (κ1) is 15.8. The van der Waals surface area contributed by atoms with Crippen molar-refractivity contribution in [3.05, 3.63) is 0 Å². The Balaban J connectivity index is 2.47. The van der Waals surface area contributed by atoms with Gasteiger partial charge in [0.25, 0.3) is 0 Å². The SMILES string of the molecule is CC(C)C(C)N(C)C(=O)NCC1(CC(=O)O)CCC1. The smallest absolute Gasteiger partial charge is 0.317 e. The molecule has 19 heavy (non-hydrogen) atoms. The van der Waals surface area contributed by atoms with Gasteiger partial charge in [-0.05, 0) is 31.1 Å². The summed E-state index contributed by atoms with van der Waals surface area (Å²) in [5.41, 5.74) is -0.219. The third-order valence-corrected chi connectivity index (χ3v) is 4.45. The van der Waals surface area contributed by atoms with E-state index in [-0.39, 0.29) is 23.9 Å². The summed E-state index contributed by atoms with van der Waals surface area (Å²) in [4.78, 5) is 24.6. The van der Waals surface area contributed by atoms with Crippen LogP contribution in [0.5, 0.6) is 0 Å². The zero-order valence-electron chi connectivity index (χ0n) is 12.4. The molecule has 0 aromatic rings. The number of rotatable bonds is 6. The number of urea groups is 1. The van der Waals surface area contributed by atoms with Crippen LogP contribution in [0.1, 0.15) is 46.5 Å². The van der Waals surface area contributed by atoms with E-state index in [9.17, 15) is 9.59 Å². The van der Waals surface area contributed by atoms with Gasteiger partial charge in [0, 0.05) is 19.6 Å². The monoisotopic (exact) mass is 270 g/mol. The molecule has 1 aliphatic rings. The third-order valence-electron chi connectivity index (χ3n) is 4.45. The van der Waals surface area contributed by atoms with Crippen LogP contribution >= 0.6 is 0 Å². The van der Waals surface area contributed by atoms with Gasteiger partial charge in [-0.3, -0.25) is 4.79 Å². The number of hydrogen-bond acceptors (Lipinski definition) is 2. The molecule has 1 rings (SSSR count). The van der Waals surface area contributed by atoms with Gasteiger partial charge in [-0.25, -0.2) is 4.79 Å². The quantitative estimate of drug-likeness (QED) is 0.778. The summed E-state index contributed by atoms with van der Waals surface area (Å²) in [6.45, 7) is 6.63. The van der Waals surface area contributed by atoms with Gasteiger partial charge in [-0.1, -0.05) is 20.3 Å². The molecular formula is C14H26N2O3. The number of carboxylic acids is 1. The van der Waals surface area contributed by atoms with Gasteiger partial charge >= 0.3 is 12.0 Å². The van der Waals surface area contributed by atoms with Gasteiger partial charge < -0.3 is 15.3 Å². The van der Waals surface area contributed by atoms with Crippen LogP contribution in [-0.4, -0.2) is 41.6 Å². The molecule has 0 bridgehead atoms. The van der Waals surface area contributed by atoms with Crippen molar-refractivity contribution in [2.45, 2.75) is 52.5 Å². The largest absolute Gasteiger partial charge is 0.481 e. The molecule has 1 atom stereocenters. The highest BCUT2D eigenvalue weighted by Gasteiger charge is 2.39. The number of carboxylic acid groups (broad SMARTS) is 1. The van der Waals surface area contributed by atoms with E-state index >= 15 is 0 Å². The second-order valence-corrected chi connectivity index (χ2v) is 6.18. The second-order valence-electron chi connectivity index (χ2n) is 6.18. The topological polar surface area (TPSA) is 69.6 Å². The zero-order valence-corrected chi connectivity index (χ0v) is 12.4. The summed E-state index contributed by atoms with van der Waals surface area (Å²) in [6.07, 6.45) is 2.99. The predicted molar refractivity (Wildman–Crippen MR) is 74.0 cm³/mol. The fourth-order valence-electron chi connectivity index (χ4n) is 2.43. The Morgan fingerprint density at radius 1 is 1.32 bits per heavy atom. The van der Waals surface area contributed by atoms with Crippen molar-refractivity contribution < 1.29 is 14.7 Å². The molecule has 0 heterocycles. The maximum absolute atomic E-state index is 12.0. The second kappa shape index (κ2) is 6.26. The molecule has 1 saturated carbocycles. The first-order valence-electron chi connectivity index (χ1n) is 7.00. The summed E-state index contributed by atoms with van der Waals surface area (Å²) in [5.74, 6) is -0.384. The minimum absolute atomic E-state index is 0.113. The Hall–Kier alpha value is -1.26. The van der Waals surface area contributed by atoms with Gasteiger partial charge in [0.15, 0.2) is 0 Å². The van der Waals surface area contributed by atoms with Crippen LogP contribution in [0.4, 0.5) is 4.79 Å². The lowest BCUT2D eigenvalue weighted by Gasteiger charge is -2.41. The number of nitrogens with one attached hydrogen (secondary N) is 1. The summed E-state index contributed by atoms with van der Waals surface area (Å²) in [5, 5.41) is 11.8. The molecule has 0 spiro atoms. The lowest BCUT2D eigenvalue weighted by Crippen LogP contribution is -2.49. The maximum Gasteiger partial charge on any atom is 0.317 e. The van der Waals surface area contributed by atoms with Gasteiger partial charge in [-0.15, -0.1) is 0 Å². The van der Waals surface area contributed by atoms with E-state index in [4.69, 9.17) is 5.11 Å². The van der Waals surface area contributed by atoms with Gasteiger partial charge in [0.05, 0.1) is 6.42 Å². The van der Waals surface area contributed by atoms with E-state index in [2.05, 4.69) is 19.2 Å². The van der Waals surface area contributed by atoms with Crippen molar-refractivity contribution in [1.82, 2.24) is 10.2 Å². The highest BCUT2D eigenvalue weighted by atomic mass is 16.4. The molecule has 1 aliphatic carbocycles. The van der Waals surface area contributed by atoms with Crippen LogP contribution in [0.3, 0.4) is 0 Å². The van der Waals surface area contributed by atoms with Crippen molar-refractivity contribution >= 4 is 12.0 Å². The van der Waals surface area contributed by atoms with Crippen molar-refractivity contribution in [2.24, 2.45) is 11.3 Å². The minimum Gasteiger partial charge on any atom is -0.481 e. The molecule has 5 heteroatoms. The van der Waals surface area contributed by atoms with E-state index in [1.54, 1.807) is 11.9 Å². The molecular weight excluding hydrogens is 244 g/mol. The van der Waals surface area contributed by atoms with Crippen LogP contribution in [0.25, 0.3) is 0 Å². The molecule has 0 aliphatic heterocycles. The first-order chi connectivity index (χ1) is 8.77. The number of carbonyl (C=O) groups is 2. The fourth-order valence-corrected chi connectivity index (χ4v) is 2.43. The van der Waals surface area contributed by atoms with Gasteiger partial charge in [-0.2, -0.15) is 0 Å². The van der Waals surface area contributed by atoms with Crippen molar-refractivity contribution in [2.75, 3.05) is 13.6 Å². The van der Waals surface area contributed by atoms with Gasteiger partial charge in [0.1, 0.15) is 0 Å². The summed E-state index contributed by atoms with van der Waals surface area (Å²) in [6, 6.07) is 0.0506. The molecule has 1 fully saturated rings. The van der Waals surface area contributed by atoms with Crippen molar-refractivity contribution in [3.63, 3.8) is 0 Å². The average Bonchev–Trinajstić information content (AvgIpc) is 2.29. The summed E-state index contributed by atoms with van der Waals surface area (Å²) in [7, 11) is 1.78. The Bertz CT molecular complexity index is 338. The first-order valence-corrected chi connectivity index (χ1v) is 7.00. The molecule has 110 valence electrons. The Morgan fingerprint density at radius 2 is 1.89 bits per heavy atom. The van der Waals surface area contributed by atoms with E-state index < -0.39 is 5.97 Å². The Labute approximate surface area is 115 Å². The zero-order chi connectivity index (χ0) is 14.6. The molecule has 0 aromatic heterocycles. The molecule has 2 N–H and O–H groups in total. The van der Waals surface area contributed by atoms with E-state index in [1.807, 2.05) is 6.92 Å². The summed E-state index contributed by atoms with van der Waals surface area (Å²) < 4.78 is 0. The molecule has 0 saturated heterocycles. The molecule has 5 nitrogen and oxygen atoms in total. The van der Waals surface area contributed by atoms with E-state index in [1.165, 1.54) is 0 Å². The van der Waals surface area contributed by atoms with Crippen LogP contribution in [-0.2, 0) is 4.79 Å². The number of nitrogens with zero attached hydrogens (tertiary/aromatic N) is 1. The van der Waals surface area contributed by atoms with Crippen molar-refractivity contribution in [3.8, 4) is 0 Å². The molecule has 1 unspecified atom stereocenters. The number of hydrogen-bond donors (Lipinski definition) is 2. The molecule has 0 radical (unpaired) electrons. The van der Waals surface area contributed by atoms with Crippen LogP contribution in [0.15, 0.2) is 0 Å². The summed E-state index contributed by atoms with van der Waals surface area (Å²) >= 11 is 0. The van der Waals surface area contributed by atoms with E-state index in [0.29, 0.717) is 12.5 Å². The number of amides is 2. The van der Waals surface area contributed by atoms with Gasteiger partial charge in [0.2, 0.25) is 0 Å².